The second kappa shape index (κ2) is 3.80. The van der Waals surface area contributed by atoms with Crippen LogP contribution in [0.3, 0.4) is 0 Å². The molecule has 0 aliphatic heterocycles. The molecule has 0 atom stereocenters. The number of amidine groups is 1. The molecule has 1 aromatic rings. The van der Waals surface area contributed by atoms with Crippen molar-refractivity contribution in [3.05, 3.63) is 29.3 Å². The summed E-state index contributed by atoms with van der Waals surface area (Å²) in [5.41, 5.74) is 7.07. The average Bonchev–Trinajstić information content (AvgIpc) is 2.17. The van der Waals surface area contributed by atoms with Gasteiger partial charge in [-0.1, -0.05) is 17.3 Å². The highest BCUT2D eigenvalue weighted by atomic mass is 16.5. The van der Waals surface area contributed by atoms with Gasteiger partial charge < -0.3 is 15.7 Å². The van der Waals surface area contributed by atoms with Crippen LogP contribution in [0.2, 0.25) is 0 Å². The Hall–Kier alpha value is -1.71. The van der Waals surface area contributed by atoms with Crippen LogP contribution in [-0.4, -0.2) is 18.2 Å². The van der Waals surface area contributed by atoms with E-state index in [1.165, 1.54) is 0 Å². The molecule has 0 aromatic heterocycles. The quantitative estimate of drug-likeness (QED) is 0.310. The number of aryl methyl sites for hydroxylation is 1. The van der Waals surface area contributed by atoms with Gasteiger partial charge in [0.2, 0.25) is 0 Å². The minimum Gasteiger partial charge on any atom is -0.496 e. The van der Waals surface area contributed by atoms with E-state index in [2.05, 4.69) is 5.16 Å². The third-order valence-electron chi connectivity index (χ3n) is 1.81. The maximum Gasteiger partial charge on any atom is 0.170 e. The normalized spacial score (nSPS) is 11.4. The molecule has 0 spiro atoms. The number of oxime groups is 1. The lowest BCUT2D eigenvalue weighted by Crippen LogP contribution is -2.13. The smallest absolute Gasteiger partial charge is 0.170 e. The first-order valence-electron chi connectivity index (χ1n) is 3.81. The Bertz CT molecular complexity index is 334. The van der Waals surface area contributed by atoms with Gasteiger partial charge >= 0.3 is 0 Å². The zero-order valence-electron chi connectivity index (χ0n) is 7.61. The van der Waals surface area contributed by atoms with Gasteiger partial charge in [0, 0.05) is 5.56 Å². The molecule has 0 aliphatic rings. The Morgan fingerprint density at radius 2 is 2.23 bits per heavy atom. The van der Waals surface area contributed by atoms with Crippen LogP contribution in [0, 0.1) is 6.92 Å². The minimum absolute atomic E-state index is 0.0818. The van der Waals surface area contributed by atoms with Gasteiger partial charge in [0.05, 0.1) is 7.11 Å². The Labute approximate surface area is 76.6 Å². The molecule has 1 aromatic carbocycles. The highest BCUT2D eigenvalue weighted by molar-refractivity contribution is 5.97. The van der Waals surface area contributed by atoms with Crippen molar-refractivity contribution < 1.29 is 9.94 Å². The number of hydrogen-bond donors (Lipinski definition) is 2. The Balaban J connectivity index is 3.13. The van der Waals surface area contributed by atoms with Gasteiger partial charge in [-0.3, -0.25) is 0 Å². The van der Waals surface area contributed by atoms with Gasteiger partial charge in [0.1, 0.15) is 5.75 Å². The molecule has 0 fully saturated rings. The molecule has 0 saturated heterocycles. The molecule has 70 valence electrons. The highest BCUT2D eigenvalue weighted by Crippen LogP contribution is 2.18. The molecular weight excluding hydrogens is 168 g/mol. The number of benzene rings is 1. The molecule has 0 heterocycles. The van der Waals surface area contributed by atoms with Crippen molar-refractivity contribution in [1.29, 1.82) is 0 Å². The first-order valence-corrected chi connectivity index (χ1v) is 3.81. The maximum atomic E-state index is 8.44. The van der Waals surface area contributed by atoms with Crippen molar-refractivity contribution >= 4 is 5.84 Å². The molecule has 0 amide bonds. The van der Waals surface area contributed by atoms with Gasteiger partial charge in [0.25, 0.3) is 0 Å². The first kappa shape index (κ1) is 9.38. The molecule has 13 heavy (non-hydrogen) atoms. The Morgan fingerprint density at radius 1 is 1.54 bits per heavy atom. The molecular formula is C9H12N2O2. The first-order chi connectivity index (χ1) is 6.19. The molecule has 1 rings (SSSR count). The van der Waals surface area contributed by atoms with Crippen LogP contribution in [-0.2, 0) is 0 Å². The lowest BCUT2D eigenvalue weighted by molar-refractivity contribution is 0.318. The van der Waals surface area contributed by atoms with Crippen molar-refractivity contribution in [1.82, 2.24) is 0 Å². The zero-order valence-corrected chi connectivity index (χ0v) is 7.61. The van der Waals surface area contributed by atoms with Gasteiger partial charge in [0.15, 0.2) is 5.84 Å². The van der Waals surface area contributed by atoms with Gasteiger partial charge in [-0.05, 0) is 18.6 Å². The SMILES string of the molecule is COc1cc(/C(N)=N\O)ccc1C. The summed E-state index contributed by atoms with van der Waals surface area (Å²) in [5.74, 6) is 0.808. The summed E-state index contributed by atoms with van der Waals surface area (Å²) >= 11 is 0. The third-order valence-corrected chi connectivity index (χ3v) is 1.81. The number of methoxy groups -OCH3 is 1. The van der Waals surface area contributed by atoms with E-state index in [0.717, 1.165) is 11.3 Å². The fourth-order valence-electron chi connectivity index (χ4n) is 1.04. The lowest BCUT2D eigenvalue weighted by Gasteiger charge is -2.05. The van der Waals surface area contributed by atoms with E-state index >= 15 is 0 Å². The second-order valence-corrected chi connectivity index (χ2v) is 2.67. The van der Waals surface area contributed by atoms with E-state index in [9.17, 15) is 0 Å². The van der Waals surface area contributed by atoms with E-state index in [0.29, 0.717) is 5.56 Å². The number of nitrogens with zero attached hydrogens (tertiary/aromatic N) is 1. The van der Waals surface area contributed by atoms with E-state index < -0.39 is 0 Å². The molecule has 0 saturated carbocycles. The third kappa shape index (κ3) is 1.90. The summed E-state index contributed by atoms with van der Waals surface area (Å²) in [6.07, 6.45) is 0. The molecule has 0 radical (unpaired) electrons. The minimum atomic E-state index is 0.0818. The molecule has 0 bridgehead atoms. The molecule has 0 unspecified atom stereocenters. The predicted molar refractivity (Wildman–Crippen MR) is 50.2 cm³/mol. The van der Waals surface area contributed by atoms with E-state index in [1.807, 2.05) is 13.0 Å². The van der Waals surface area contributed by atoms with Gasteiger partial charge in [-0.2, -0.15) is 0 Å². The van der Waals surface area contributed by atoms with E-state index in [4.69, 9.17) is 15.7 Å². The summed E-state index contributed by atoms with van der Waals surface area (Å²) in [4.78, 5) is 0. The van der Waals surface area contributed by atoms with Crippen LogP contribution < -0.4 is 10.5 Å². The van der Waals surface area contributed by atoms with Crippen LogP contribution in [0.25, 0.3) is 0 Å². The fraction of sp³-hybridized carbons (Fsp3) is 0.222. The van der Waals surface area contributed by atoms with Crippen LogP contribution >= 0.6 is 0 Å². The second-order valence-electron chi connectivity index (χ2n) is 2.67. The van der Waals surface area contributed by atoms with Crippen molar-refractivity contribution in [2.45, 2.75) is 6.92 Å². The summed E-state index contributed by atoms with van der Waals surface area (Å²) in [5, 5.41) is 11.3. The predicted octanol–water partition coefficient (Wildman–Crippen LogP) is 1.10. The fourth-order valence-corrected chi connectivity index (χ4v) is 1.04. The molecule has 4 nitrogen and oxygen atoms in total. The Kier molecular flexibility index (Phi) is 2.74. The van der Waals surface area contributed by atoms with Crippen LogP contribution in [0.4, 0.5) is 0 Å². The van der Waals surface area contributed by atoms with E-state index in [-0.39, 0.29) is 5.84 Å². The van der Waals surface area contributed by atoms with Gasteiger partial charge in [-0.15, -0.1) is 0 Å². The maximum absolute atomic E-state index is 8.44. The van der Waals surface area contributed by atoms with Gasteiger partial charge in [-0.25, -0.2) is 0 Å². The summed E-state index contributed by atoms with van der Waals surface area (Å²) in [6, 6.07) is 5.35. The largest absolute Gasteiger partial charge is 0.496 e. The van der Waals surface area contributed by atoms with Crippen LogP contribution in [0.1, 0.15) is 11.1 Å². The topological polar surface area (TPSA) is 67.8 Å². The number of nitrogens with two attached hydrogens (primary N) is 1. The lowest BCUT2D eigenvalue weighted by atomic mass is 10.1. The summed E-state index contributed by atoms with van der Waals surface area (Å²) in [6.45, 7) is 1.93. The van der Waals surface area contributed by atoms with Crippen molar-refractivity contribution in [3.8, 4) is 5.75 Å². The van der Waals surface area contributed by atoms with Crippen molar-refractivity contribution in [2.24, 2.45) is 10.9 Å². The van der Waals surface area contributed by atoms with E-state index in [1.54, 1.807) is 19.2 Å². The molecule has 0 aliphatic carbocycles. The average molecular weight is 180 g/mol. The highest BCUT2D eigenvalue weighted by Gasteiger charge is 2.03. The number of rotatable bonds is 2. The monoisotopic (exact) mass is 180 g/mol. The zero-order chi connectivity index (χ0) is 9.84. The Morgan fingerprint density at radius 3 is 2.77 bits per heavy atom. The number of hydrogen-bond acceptors (Lipinski definition) is 3. The van der Waals surface area contributed by atoms with Crippen LogP contribution in [0.15, 0.2) is 23.4 Å². The van der Waals surface area contributed by atoms with Crippen molar-refractivity contribution in [2.75, 3.05) is 7.11 Å². The summed E-state index contributed by atoms with van der Waals surface area (Å²) in [7, 11) is 1.58. The van der Waals surface area contributed by atoms with Crippen molar-refractivity contribution in [3.63, 3.8) is 0 Å². The van der Waals surface area contributed by atoms with Crippen LogP contribution in [0.5, 0.6) is 5.75 Å². The molecule has 4 heteroatoms. The number of ether oxygens (including phenoxy) is 1. The summed E-state index contributed by atoms with van der Waals surface area (Å²) < 4.78 is 5.09. The molecule has 3 N–H and O–H groups in total. The standard InChI is InChI=1S/C9H12N2O2/c1-6-3-4-7(9(10)11-12)5-8(6)13-2/h3-5,12H,1-2H3,(H2,10,11).